The van der Waals surface area contributed by atoms with Crippen LogP contribution in [0.3, 0.4) is 0 Å². The summed E-state index contributed by atoms with van der Waals surface area (Å²) in [5, 5.41) is 5.64. The Kier molecular flexibility index (Phi) is 3.45. The molecule has 3 fully saturated rings. The molecule has 7 heteroatoms. The molecule has 1 aromatic heterocycles. The van der Waals surface area contributed by atoms with E-state index in [2.05, 4.69) is 22.7 Å². The van der Waals surface area contributed by atoms with Gasteiger partial charge in [-0.2, -0.15) is 0 Å². The van der Waals surface area contributed by atoms with Crippen LogP contribution in [-0.2, 0) is 9.59 Å². The number of piperidine rings is 1. The third kappa shape index (κ3) is 2.33. The monoisotopic (exact) mass is 356 g/mol. The molecule has 2 saturated heterocycles. The predicted molar refractivity (Wildman–Crippen MR) is 95.9 cm³/mol. The Morgan fingerprint density at radius 2 is 2.12 bits per heavy atom. The minimum Gasteiger partial charge on any atom is -0.299 e. The molecule has 3 heterocycles. The number of thiazole rings is 1. The number of benzene rings is 1. The molecule has 1 amide bonds. The van der Waals surface area contributed by atoms with Crippen molar-refractivity contribution in [1.82, 2.24) is 15.7 Å². The van der Waals surface area contributed by atoms with Gasteiger partial charge in [0, 0.05) is 18.9 Å². The molecule has 25 heavy (non-hydrogen) atoms. The van der Waals surface area contributed by atoms with E-state index < -0.39 is 0 Å². The summed E-state index contributed by atoms with van der Waals surface area (Å²) >= 11 is 1.51. The SMILES string of the molecule is CC1CC(=O)C2CNC3NN(c4nc5ccccc5s4)C(=O)C3C2C1. The van der Waals surface area contributed by atoms with Crippen molar-refractivity contribution in [2.24, 2.45) is 23.7 Å². The molecule has 5 rings (SSSR count). The van der Waals surface area contributed by atoms with Crippen molar-refractivity contribution < 1.29 is 9.59 Å². The number of ketones is 1. The minimum atomic E-state index is -0.197. The standard InChI is InChI=1S/C18H20N4O2S/c1-9-6-10-11(13(23)7-9)8-19-16-15(10)17(24)22(21-16)18-20-12-4-2-3-5-14(12)25-18/h2-5,9-11,15-16,19,21H,6-8H2,1H3. The fraction of sp³-hybridized carbons (Fsp3) is 0.500. The number of fused-ring (bicyclic) bond motifs is 4. The Hall–Kier alpha value is -1.83. The lowest BCUT2D eigenvalue weighted by atomic mass is 9.66. The highest BCUT2D eigenvalue weighted by molar-refractivity contribution is 7.22. The van der Waals surface area contributed by atoms with E-state index in [9.17, 15) is 9.59 Å². The van der Waals surface area contributed by atoms with Crippen LogP contribution >= 0.6 is 11.3 Å². The molecule has 0 spiro atoms. The van der Waals surface area contributed by atoms with Gasteiger partial charge in [-0.3, -0.25) is 14.9 Å². The first-order chi connectivity index (χ1) is 12.1. The van der Waals surface area contributed by atoms with Crippen molar-refractivity contribution >= 4 is 38.4 Å². The maximum absolute atomic E-state index is 13.2. The van der Waals surface area contributed by atoms with Gasteiger partial charge in [0.2, 0.25) is 11.0 Å². The molecule has 5 unspecified atom stereocenters. The van der Waals surface area contributed by atoms with Crippen molar-refractivity contribution in [3.05, 3.63) is 24.3 Å². The Balaban J connectivity index is 1.48. The van der Waals surface area contributed by atoms with Crippen molar-refractivity contribution in [2.75, 3.05) is 11.6 Å². The van der Waals surface area contributed by atoms with Crippen LogP contribution in [0.4, 0.5) is 5.13 Å². The highest BCUT2D eigenvalue weighted by atomic mass is 32.1. The molecule has 1 aromatic carbocycles. The zero-order valence-electron chi connectivity index (χ0n) is 13.9. The number of hydrogen-bond acceptors (Lipinski definition) is 6. The first-order valence-electron chi connectivity index (χ1n) is 8.83. The summed E-state index contributed by atoms with van der Waals surface area (Å²) in [6.45, 7) is 2.77. The van der Waals surface area contributed by atoms with Gasteiger partial charge < -0.3 is 0 Å². The largest absolute Gasteiger partial charge is 0.299 e. The Bertz CT molecular complexity index is 833. The van der Waals surface area contributed by atoms with E-state index in [0.29, 0.717) is 29.8 Å². The fourth-order valence-corrected chi connectivity index (χ4v) is 5.58. The van der Waals surface area contributed by atoms with E-state index in [1.807, 2.05) is 24.3 Å². The molecule has 2 N–H and O–H groups in total. The second kappa shape index (κ2) is 5.59. The van der Waals surface area contributed by atoms with Gasteiger partial charge in [0.15, 0.2) is 0 Å². The van der Waals surface area contributed by atoms with Crippen LogP contribution < -0.4 is 15.8 Å². The summed E-state index contributed by atoms with van der Waals surface area (Å²) in [5.41, 5.74) is 4.19. The molecule has 5 atom stereocenters. The Labute approximate surface area is 149 Å². The number of nitrogens with one attached hydrogen (secondary N) is 2. The van der Waals surface area contributed by atoms with Crippen LogP contribution in [0, 0.1) is 23.7 Å². The molecule has 6 nitrogen and oxygen atoms in total. The molecule has 0 bridgehead atoms. The lowest BCUT2D eigenvalue weighted by Gasteiger charge is -2.42. The van der Waals surface area contributed by atoms with Crippen molar-refractivity contribution in [2.45, 2.75) is 25.9 Å². The van der Waals surface area contributed by atoms with E-state index in [0.717, 1.165) is 16.6 Å². The number of carbonyl (C=O) groups is 2. The number of hydrazine groups is 1. The van der Waals surface area contributed by atoms with Crippen LogP contribution in [-0.4, -0.2) is 29.4 Å². The highest BCUT2D eigenvalue weighted by Crippen LogP contribution is 2.43. The maximum Gasteiger partial charge on any atom is 0.249 e. The summed E-state index contributed by atoms with van der Waals surface area (Å²) in [6, 6.07) is 7.90. The average Bonchev–Trinajstić information content (AvgIpc) is 3.15. The van der Waals surface area contributed by atoms with Crippen LogP contribution in [0.25, 0.3) is 10.2 Å². The van der Waals surface area contributed by atoms with E-state index in [1.165, 1.54) is 11.3 Å². The van der Waals surface area contributed by atoms with Gasteiger partial charge in [-0.1, -0.05) is 30.4 Å². The lowest BCUT2D eigenvalue weighted by Crippen LogP contribution is -2.57. The molecule has 0 radical (unpaired) electrons. The minimum absolute atomic E-state index is 0.0292. The number of nitrogens with zero attached hydrogens (tertiary/aromatic N) is 2. The summed E-state index contributed by atoms with van der Waals surface area (Å²) in [5.74, 6) is 0.601. The van der Waals surface area contributed by atoms with Gasteiger partial charge in [-0.25, -0.2) is 15.4 Å². The summed E-state index contributed by atoms with van der Waals surface area (Å²) in [7, 11) is 0. The highest BCUT2D eigenvalue weighted by Gasteiger charge is 2.54. The zero-order chi connectivity index (χ0) is 17.1. The van der Waals surface area contributed by atoms with Crippen molar-refractivity contribution in [3.8, 4) is 0 Å². The number of carbonyl (C=O) groups excluding carboxylic acids is 2. The number of rotatable bonds is 1. The lowest BCUT2D eigenvalue weighted by molar-refractivity contribution is -0.134. The molecular formula is C18H20N4O2S. The number of hydrogen-bond donors (Lipinski definition) is 2. The van der Waals surface area contributed by atoms with Gasteiger partial charge in [0.1, 0.15) is 5.78 Å². The maximum atomic E-state index is 13.2. The summed E-state index contributed by atoms with van der Waals surface area (Å²) < 4.78 is 1.06. The molecule has 3 aliphatic rings. The van der Waals surface area contributed by atoms with Crippen LogP contribution in [0.5, 0.6) is 0 Å². The number of aromatic nitrogens is 1. The summed E-state index contributed by atoms with van der Waals surface area (Å²) in [6.07, 6.45) is 1.47. The number of anilines is 1. The fourth-order valence-electron chi connectivity index (χ4n) is 4.64. The normalized spacial score (nSPS) is 35.1. The quantitative estimate of drug-likeness (QED) is 0.817. The smallest absolute Gasteiger partial charge is 0.249 e. The average molecular weight is 356 g/mol. The number of Topliss-reactive ketones (excluding diaryl/α,β-unsaturated/α-hetero) is 1. The van der Waals surface area contributed by atoms with Gasteiger partial charge in [0.25, 0.3) is 0 Å². The van der Waals surface area contributed by atoms with Gasteiger partial charge >= 0.3 is 0 Å². The summed E-state index contributed by atoms with van der Waals surface area (Å²) in [4.78, 5) is 30.2. The molecule has 1 aliphatic carbocycles. The number of amides is 1. The topological polar surface area (TPSA) is 74.3 Å². The van der Waals surface area contributed by atoms with E-state index in [4.69, 9.17) is 0 Å². The van der Waals surface area contributed by atoms with Crippen LogP contribution in [0.15, 0.2) is 24.3 Å². The molecule has 2 aliphatic heterocycles. The first-order valence-corrected chi connectivity index (χ1v) is 9.65. The van der Waals surface area contributed by atoms with Crippen molar-refractivity contribution in [3.63, 3.8) is 0 Å². The first kappa shape index (κ1) is 15.4. The third-order valence-corrected chi connectivity index (χ3v) is 6.80. The van der Waals surface area contributed by atoms with Gasteiger partial charge in [0.05, 0.1) is 22.3 Å². The third-order valence-electron chi connectivity index (χ3n) is 5.78. The van der Waals surface area contributed by atoms with Gasteiger partial charge in [-0.15, -0.1) is 0 Å². The predicted octanol–water partition coefficient (Wildman–Crippen LogP) is 1.92. The van der Waals surface area contributed by atoms with Gasteiger partial charge in [-0.05, 0) is 30.4 Å². The van der Waals surface area contributed by atoms with Crippen LogP contribution in [0.2, 0.25) is 0 Å². The molecule has 2 aromatic rings. The molecule has 1 saturated carbocycles. The second-order valence-corrected chi connectivity index (χ2v) is 8.47. The molecule has 130 valence electrons. The van der Waals surface area contributed by atoms with E-state index >= 15 is 0 Å². The Morgan fingerprint density at radius 1 is 1.28 bits per heavy atom. The zero-order valence-corrected chi connectivity index (χ0v) is 14.8. The van der Waals surface area contributed by atoms with Crippen LogP contribution in [0.1, 0.15) is 19.8 Å². The Morgan fingerprint density at radius 3 is 2.96 bits per heavy atom. The van der Waals surface area contributed by atoms with E-state index in [1.54, 1.807) is 5.01 Å². The second-order valence-electron chi connectivity index (χ2n) is 7.46. The van der Waals surface area contributed by atoms with E-state index in [-0.39, 0.29) is 29.8 Å². The molecular weight excluding hydrogens is 336 g/mol. The van der Waals surface area contributed by atoms with Crippen molar-refractivity contribution in [1.29, 1.82) is 0 Å². The number of para-hydroxylation sites is 1.